The third-order valence-corrected chi connectivity index (χ3v) is 9.75. The highest BCUT2D eigenvalue weighted by molar-refractivity contribution is 6.03. The van der Waals surface area contributed by atoms with Gasteiger partial charge in [0.1, 0.15) is 17.7 Å². The number of aromatic amines is 1. The number of carbonyl (C=O) groups is 2. The number of hydrogen-bond acceptors (Lipinski definition) is 7. The minimum Gasteiger partial charge on any atom is -0.381 e. The first-order valence-corrected chi connectivity index (χ1v) is 15.4. The van der Waals surface area contributed by atoms with E-state index in [0.717, 1.165) is 79.1 Å². The maximum absolute atomic E-state index is 13.1. The highest BCUT2D eigenvalue weighted by Crippen LogP contribution is 2.64. The predicted molar refractivity (Wildman–Crippen MR) is 168 cm³/mol. The van der Waals surface area contributed by atoms with Gasteiger partial charge in [-0.25, -0.2) is 9.97 Å². The number of amides is 2. The maximum Gasteiger partial charge on any atom is 0.274 e. The smallest absolute Gasteiger partial charge is 0.274 e. The van der Waals surface area contributed by atoms with Crippen LogP contribution >= 0.6 is 0 Å². The number of H-pyrrole nitrogens is 1. The molecule has 0 unspecified atom stereocenters. The van der Waals surface area contributed by atoms with Gasteiger partial charge in [-0.15, -0.1) is 0 Å². The molecule has 10 nitrogen and oxygen atoms in total. The summed E-state index contributed by atoms with van der Waals surface area (Å²) in [6, 6.07) is 13.8. The average molecular weight is 592 g/mol. The Balaban J connectivity index is 1.02. The first kappa shape index (κ1) is 28.4. The van der Waals surface area contributed by atoms with E-state index in [1.807, 2.05) is 36.4 Å². The molecule has 10 heteroatoms. The molecule has 226 valence electrons. The van der Waals surface area contributed by atoms with Crippen molar-refractivity contribution in [1.82, 2.24) is 30.2 Å². The summed E-state index contributed by atoms with van der Waals surface area (Å²) in [6.45, 7) is 9.79. The van der Waals surface area contributed by atoms with Gasteiger partial charge < -0.3 is 20.4 Å². The Kier molecular flexibility index (Phi) is 7.47. The van der Waals surface area contributed by atoms with Crippen LogP contribution in [-0.2, 0) is 21.5 Å². The Labute approximate surface area is 256 Å². The summed E-state index contributed by atoms with van der Waals surface area (Å²) >= 11 is 0. The summed E-state index contributed by atoms with van der Waals surface area (Å²) in [5.41, 5.74) is 6.07. The van der Waals surface area contributed by atoms with Gasteiger partial charge in [-0.1, -0.05) is 25.6 Å². The molecule has 1 saturated carbocycles. The maximum atomic E-state index is 13.1. The Morgan fingerprint density at radius 2 is 2.05 bits per heavy atom. The van der Waals surface area contributed by atoms with Crippen LogP contribution in [-0.4, -0.2) is 69.0 Å². The second-order valence-electron chi connectivity index (χ2n) is 12.3. The molecule has 4 aromatic rings. The third-order valence-electron chi connectivity index (χ3n) is 9.75. The molecule has 3 N–H and O–H groups in total. The molecule has 3 fully saturated rings. The fourth-order valence-corrected chi connectivity index (χ4v) is 7.32. The first-order valence-electron chi connectivity index (χ1n) is 15.4. The molecular formula is C34H37N7O3. The van der Waals surface area contributed by atoms with Gasteiger partial charge in [0.15, 0.2) is 0 Å². The lowest BCUT2D eigenvalue weighted by Crippen LogP contribution is -2.46. The van der Waals surface area contributed by atoms with Crippen LogP contribution < -0.4 is 10.6 Å². The standard InChI is InChI=1S/C34H37N7O3/c1-3-30(42)38-25-5-4-13-41(18-25)17-22-10-12-35-29(15-22)33(43)39-24-8-6-23(7-9-24)28-16-26-31(36-20-37-32(26)40-28)34-11-14-44-19-27(34)21(34)2/h3,6-10,12,15-16,20-21,25,27H,1,4-5,11,13-14,17-19H2,2H3,(H,38,42)(H,39,43)(H,36,37,40)/t21-,25-,27+,34+/m1/s1. The Morgan fingerprint density at radius 3 is 2.86 bits per heavy atom. The molecule has 44 heavy (non-hydrogen) atoms. The molecule has 4 atom stereocenters. The quantitative estimate of drug-likeness (QED) is 0.258. The fourth-order valence-electron chi connectivity index (χ4n) is 7.32. The molecule has 2 saturated heterocycles. The van der Waals surface area contributed by atoms with Crippen molar-refractivity contribution in [3.8, 4) is 11.3 Å². The number of fused-ring (bicyclic) bond motifs is 2. The van der Waals surface area contributed by atoms with E-state index in [0.29, 0.717) is 29.8 Å². The molecule has 3 aliphatic rings. The van der Waals surface area contributed by atoms with Gasteiger partial charge in [0.2, 0.25) is 5.91 Å². The number of piperidine rings is 1. The van der Waals surface area contributed by atoms with Crippen molar-refractivity contribution in [1.29, 1.82) is 0 Å². The normalized spacial score (nSPS) is 24.8. The molecule has 2 aliphatic heterocycles. The van der Waals surface area contributed by atoms with Gasteiger partial charge in [-0.2, -0.15) is 0 Å². The summed E-state index contributed by atoms with van der Waals surface area (Å²) in [7, 11) is 0. The van der Waals surface area contributed by atoms with E-state index in [1.165, 1.54) is 6.08 Å². The minimum absolute atomic E-state index is 0.0810. The number of likely N-dealkylation sites (tertiary alicyclic amines) is 1. The summed E-state index contributed by atoms with van der Waals surface area (Å²) in [5, 5.41) is 7.05. The van der Waals surface area contributed by atoms with Gasteiger partial charge in [-0.05, 0) is 85.2 Å². The van der Waals surface area contributed by atoms with E-state index in [9.17, 15) is 9.59 Å². The van der Waals surface area contributed by atoms with Crippen molar-refractivity contribution >= 4 is 28.5 Å². The molecule has 2 amide bonds. The van der Waals surface area contributed by atoms with Crippen molar-refractivity contribution in [2.45, 2.75) is 44.2 Å². The molecule has 1 aromatic carbocycles. The fraction of sp³-hybridized carbons (Fsp3) is 0.382. The van der Waals surface area contributed by atoms with Crippen LogP contribution in [0.1, 0.15) is 47.9 Å². The Bertz CT molecular complexity index is 1720. The number of pyridine rings is 1. The number of benzene rings is 1. The average Bonchev–Trinajstić information content (AvgIpc) is 3.41. The third kappa shape index (κ3) is 5.28. The monoisotopic (exact) mass is 591 g/mol. The van der Waals surface area contributed by atoms with Gasteiger partial charge in [0.05, 0.1) is 12.3 Å². The molecule has 0 spiro atoms. The number of hydrogen-bond donors (Lipinski definition) is 3. The zero-order valence-corrected chi connectivity index (χ0v) is 24.9. The topological polar surface area (TPSA) is 125 Å². The Hall–Kier alpha value is -4.41. The molecule has 0 bridgehead atoms. The van der Waals surface area contributed by atoms with Gasteiger partial charge >= 0.3 is 0 Å². The van der Waals surface area contributed by atoms with Gasteiger partial charge in [-0.3, -0.25) is 19.5 Å². The van der Waals surface area contributed by atoms with E-state index < -0.39 is 0 Å². The molecular weight excluding hydrogens is 554 g/mol. The van der Waals surface area contributed by atoms with Crippen LogP contribution in [0.25, 0.3) is 22.3 Å². The van der Waals surface area contributed by atoms with E-state index in [2.05, 4.69) is 50.1 Å². The summed E-state index contributed by atoms with van der Waals surface area (Å²) < 4.78 is 5.75. The molecule has 7 rings (SSSR count). The highest BCUT2D eigenvalue weighted by Gasteiger charge is 2.65. The lowest BCUT2D eigenvalue weighted by molar-refractivity contribution is -0.117. The minimum atomic E-state index is -0.260. The second kappa shape index (κ2) is 11.6. The lowest BCUT2D eigenvalue weighted by atomic mass is 9.90. The van der Waals surface area contributed by atoms with E-state index in [4.69, 9.17) is 9.72 Å². The van der Waals surface area contributed by atoms with Crippen molar-refractivity contribution in [2.75, 3.05) is 31.6 Å². The largest absolute Gasteiger partial charge is 0.381 e. The SMILES string of the molecule is C=CC(=O)N[C@@H]1CCCN(Cc2ccnc(C(=O)Nc3ccc(-c4cc5c([C@]67CCOC[C@H]6[C@H]7C)ncnc5[nH]4)cc3)c2)C1. The van der Waals surface area contributed by atoms with E-state index in [1.54, 1.807) is 12.5 Å². The predicted octanol–water partition coefficient (Wildman–Crippen LogP) is 4.46. The van der Waals surface area contributed by atoms with Gasteiger partial charge in [0, 0.05) is 54.1 Å². The van der Waals surface area contributed by atoms with Crippen molar-refractivity contribution in [3.05, 3.63) is 84.6 Å². The number of anilines is 1. The summed E-state index contributed by atoms with van der Waals surface area (Å²) in [6.07, 6.45) is 7.59. The molecule has 3 aromatic heterocycles. The Morgan fingerprint density at radius 1 is 1.18 bits per heavy atom. The van der Waals surface area contributed by atoms with Crippen molar-refractivity contribution < 1.29 is 14.3 Å². The number of nitrogens with zero attached hydrogens (tertiary/aromatic N) is 4. The number of carbonyl (C=O) groups excluding carboxylic acids is 2. The van der Waals surface area contributed by atoms with Crippen LogP contribution in [0.4, 0.5) is 5.69 Å². The molecule has 1 aliphatic carbocycles. The van der Waals surface area contributed by atoms with E-state index >= 15 is 0 Å². The first-order chi connectivity index (χ1) is 21.4. The zero-order valence-electron chi connectivity index (χ0n) is 24.9. The van der Waals surface area contributed by atoms with E-state index in [-0.39, 0.29) is 23.3 Å². The number of nitrogens with one attached hydrogen (secondary N) is 3. The van der Waals surface area contributed by atoms with Crippen LogP contribution in [0, 0.1) is 11.8 Å². The van der Waals surface area contributed by atoms with Crippen LogP contribution in [0.3, 0.4) is 0 Å². The molecule has 0 radical (unpaired) electrons. The lowest BCUT2D eigenvalue weighted by Gasteiger charge is -2.33. The second-order valence-corrected chi connectivity index (χ2v) is 12.3. The number of ether oxygens (including phenoxy) is 1. The number of rotatable bonds is 8. The van der Waals surface area contributed by atoms with Crippen LogP contribution in [0.5, 0.6) is 0 Å². The summed E-state index contributed by atoms with van der Waals surface area (Å²) in [5.74, 6) is 0.658. The number of aromatic nitrogens is 4. The van der Waals surface area contributed by atoms with Crippen LogP contribution in [0.15, 0.2) is 67.6 Å². The zero-order chi connectivity index (χ0) is 30.3. The van der Waals surface area contributed by atoms with Gasteiger partial charge in [0.25, 0.3) is 5.91 Å². The van der Waals surface area contributed by atoms with Crippen molar-refractivity contribution in [2.24, 2.45) is 11.8 Å². The highest BCUT2D eigenvalue weighted by atomic mass is 16.5. The van der Waals surface area contributed by atoms with Crippen molar-refractivity contribution in [3.63, 3.8) is 0 Å². The van der Waals surface area contributed by atoms with Crippen LogP contribution in [0.2, 0.25) is 0 Å². The summed E-state index contributed by atoms with van der Waals surface area (Å²) in [4.78, 5) is 44.2. The molecule has 5 heterocycles.